The summed E-state index contributed by atoms with van der Waals surface area (Å²) >= 11 is 0. The van der Waals surface area contributed by atoms with Crippen molar-refractivity contribution in [2.75, 3.05) is 30.8 Å². The summed E-state index contributed by atoms with van der Waals surface area (Å²) in [6, 6.07) is 13.5. The molecule has 30 heavy (non-hydrogen) atoms. The maximum absolute atomic E-state index is 12.6. The van der Waals surface area contributed by atoms with Crippen LogP contribution in [0.25, 0.3) is 0 Å². The van der Waals surface area contributed by atoms with E-state index in [-0.39, 0.29) is 5.91 Å². The van der Waals surface area contributed by atoms with E-state index in [1.54, 1.807) is 38.3 Å². The van der Waals surface area contributed by atoms with Gasteiger partial charge in [0.1, 0.15) is 17.5 Å². The standard InChI is InChI=1S/C22H30N2O5S/c1-5-29-20-13-11-19(12-14-20)24(30(4,26)27)17(2)22(25)23-15-7-9-18-8-6-10-21(16-18)28-3/h6,8,10-14,16-17H,5,7,9,15H2,1-4H3,(H,23,25). The topological polar surface area (TPSA) is 84.9 Å². The van der Waals surface area contributed by atoms with Crippen molar-refractivity contribution in [2.45, 2.75) is 32.7 Å². The predicted molar refractivity (Wildman–Crippen MR) is 119 cm³/mol. The van der Waals surface area contributed by atoms with Crippen molar-refractivity contribution in [1.82, 2.24) is 5.32 Å². The Morgan fingerprint density at radius 2 is 1.83 bits per heavy atom. The molecule has 8 heteroatoms. The molecule has 0 spiro atoms. The third-order valence-electron chi connectivity index (χ3n) is 4.57. The number of carbonyl (C=O) groups excluding carboxylic acids is 1. The summed E-state index contributed by atoms with van der Waals surface area (Å²) in [7, 11) is -2.03. The number of benzene rings is 2. The quantitative estimate of drug-likeness (QED) is 0.550. The minimum absolute atomic E-state index is 0.347. The van der Waals surface area contributed by atoms with Crippen LogP contribution in [-0.2, 0) is 21.2 Å². The lowest BCUT2D eigenvalue weighted by Gasteiger charge is -2.28. The zero-order chi connectivity index (χ0) is 22.1. The number of ether oxygens (including phenoxy) is 2. The number of carbonyl (C=O) groups is 1. The van der Waals surface area contributed by atoms with Gasteiger partial charge in [-0.25, -0.2) is 8.42 Å². The summed E-state index contributed by atoms with van der Waals surface area (Å²) in [6.07, 6.45) is 2.60. The van der Waals surface area contributed by atoms with Gasteiger partial charge in [-0.1, -0.05) is 12.1 Å². The molecule has 1 amide bonds. The van der Waals surface area contributed by atoms with Gasteiger partial charge in [0.2, 0.25) is 15.9 Å². The molecular weight excluding hydrogens is 404 g/mol. The highest BCUT2D eigenvalue weighted by atomic mass is 32.2. The molecule has 0 bridgehead atoms. The molecule has 0 aliphatic rings. The second kappa shape index (κ2) is 10.9. The van der Waals surface area contributed by atoms with Crippen molar-refractivity contribution in [3.05, 3.63) is 54.1 Å². The van der Waals surface area contributed by atoms with E-state index in [9.17, 15) is 13.2 Å². The minimum atomic E-state index is -3.65. The van der Waals surface area contributed by atoms with Gasteiger partial charge in [-0.3, -0.25) is 9.10 Å². The number of aryl methyl sites for hydroxylation is 1. The molecule has 0 heterocycles. The fourth-order valence-electron chi connectivity index (χ4n) is 3.14. The van der Waals surface area contributed by atoms with Gasteiger partial charge >= 0.3 is 0 Å². The van der Waals surface area contributed by atoms with Crippen molar-refractivity contribution in [2.24, 2.45) is 0 Å². The molecule has 0 aliphatic carbocycles. The summed E-state index contributed by atoms with van der Waals surface area (Å²) in [4.78, 5) is 12.6. The number of anilines is 1. The van der Waals surface area contributed by atoms with Crippen molar-refractivity contribution in [1.29, 1.82) is 0 Å². The number of hydrogen-bond donors (Lipinski definition) is 1. The lowest BCUT2D eigenvalue weighted by Crippen LogP contribution is -2.48. The van der Waals surface area contributed by atoms with Gasteiger partial charge in [-0.15, -0.1) is 0 Å². The molecule has 1 atom stereocenters. The fraction of sp³-hybridized carbons (Fsp3) is 0.409. The van der Waals surface area contributed by atoms with Gasteiger partial charge in [-0.2, -0.15) is 0 Å². The van der Waals surface area contributed by atoms with Crippen molar-refractivity contribution in [3.8, 4) is 11.5 Å². The molecule has 0 saturated heterocycles. The van der Waals surface area contributed by atoms with Crippen molar-refractivity contribution < 1.29 is 22.7 Å². The molecule has 0 radical (unpaired) electrons. The first-order chi connectivity index (χ1) is 14.3. The number of methoxy groups -OCH3 is 1. The van der Waals surface area contributed by atoms with Gasteiger partial charge in [0.05, 0.1) is 25.7 Å². The van der Waals surface area contributed by atoms with Gasteiger partial charge in [0.15, 0.2) is 0 Å². The SMILES string of the molecule is CCOc1ccc(N(C(C)C(=O)NCCCc2cccc(OC)c2)S(C)(=O)=O)cc1. The van der Waals surface area contributed by atoms with Crippen LogP contribution < -0.4 is 19.1 Å². The summed E-state index contributed by atoms with van der Waals surface area (Å²) in [5.41, 5.74) is 1.53. The highest BCUT2D eigenvalue weighted by molar-refractivity contribution is 7.92. The highest BCUT2D eigenvalue weighted by Gasteiger charge is 2.28. The Bertz CT molecular complexity index is 929. The van der Waals surface area contributed by atoms with Gasteiger partial charge in [0.25, 0.3) is 0 Å². The normalized spacial score (nSPS) is 12.1. The van der Waals surface area contributed by atoms with E-state index in [0.29, 0.717) is 24.6 Å². The van der Waals surface area contributed by atoms with E-state index in [2.05, 4.69) is 5.32 Å². The van der Waals surface area contributed by atoms with E-state index in [1.165, 1.54) is 0 Å². The number of nitrogens with one attached hydrogen (secondary N) is 1. The average molecular weight is 435 g/mol. The van der Waals surface area contributed by atoms with Crippen LogP contribution in [0, 0.1) is 0 Å². The second-order valence-electron chi connectivity index (χ2n) is 6.91. The lowest BCUT2D eigenvalue weighted by atomic mass is 10.1. The van der Waals surface area contributed by atoms with E-state index >= 15 is 0 Å². The van der Waals surface area contributed by atoms with Gasteiger partial charge in [-0.05, 0) is 68.7 Å². The number of nitrogens with zero attached hydrogens (tertiary/aromatic N) is 1. The monoisotopic (exact) mass is 434 g/mol. The molecule has 7 nitrogen and oxygen atoms in total. The first-order valence-electron chi connectivity index (χ1n) is 9.89. The average Bonchev–Trinajstić information content (AvgIpc) is 2.71. The third-order valence-corrected chi connectivity index (χ3v) is 5.81. The number of rotatable bonds is 11. The van der Waals surface area contributed by atoms with Crippen LogP contribution >= 0.6 is 0 Å². The number of sulfonamides is 1. The molecule has 1 N–H and O–H groups in total. The van der Waals surface area contributed by atoms with Crippen LogP contribution in [0.3, 0.4) is 0 Å². The summed E-state index contributed by atoms with van der Waals surface area (Å²) in [5, 5.41) is 2.83. The van der Waals surface area contributed by atoms with Crippen LogP contribution in [-0.4, -0.2) is 46.9 Å². The second-order valence-corrected chi connectivity index (χ2v) is 8.77. The molecule has 1 unspecified atom stereocenters. The van der Waals surface area contributed by atoms with E-state index < -0.39 is 16.1 Å². The largest absolute Gasteiger partial charge is 0.497 e. The molecule has 0 aromatic heterocycles. The molecule has 0 saturated carbocycles. The molecule has 0 aliphatic heterocycles. The fourth-order valence-corrected chi connectivity index (χ4v) is 4.32. The highest BCUT2D eigenvalue weighted by Crippen LogP contribution is 2.24. The van der Waals surface area contributed by atoms with Crippen LogP contribution in [0.2, 0.25) is 0 Å². The molecule has 2 aromatic carbocycles. The summed E-state index contributed by atoms with van der Waals surface area (Å²) in [6.45, 7) is 4.41. The molecule has 2 rings (SSSR count). The molecule has 0 fully saturated rings. The molecule has 2 aromatic rings. The van der Waals surface area contributed by atoms with Crippen molar-refractivity contribution in [3.63, 3.8) is 0 Å². The summed E-state index contributed by atoms with van der Waals surface area (Å²) in [5.74, 6) is 1.09. The summed E-state index contributed by atoms with van der Waals surface area (Å²) < 4.78 is 36.5. The first-order valence-corrected chi connectivity index (χ1v) is 11.7. The Labute approximate surface area is 179 Å². The van der Waals surface area contributed by atoms with Gasteiger partial charge in [0, 0.05) is 6.54 Å². The van der Waals surface area contributed by atoms with Gasteiger partial charge < -0.3 is 14.8 Å². The maximum Gasteiger partial charge on any atom is 0.243 e. The van der Waals surface area contributed by atoms with Crippen LogP contribution in [0.4, 0.5) is 5.69 Å². The Morgan fingerprint density at radius 1 is 1.13 bits per heavy atom. The molecule has 164 valence electrons. The smallest absolute Gasteiger partial charge is 0.243 e. The number of amides is 1. The third kappa shape index (κ3) is 6.66. The lowest BCUT2D eigenvalue weighted by molar-refractivity contribution is -0.121. The van der Waals surface area contributed by atoms with E-state index in [4.69, 9.17) is 9.47 Å². The number of hydrogen-bond acceptors (Lipinski definition) is 5. The molecular formula is C22H30N2O5S. The minimum Gasteiger partial charge on any atom is -0.497 e. The Balaban J connectivity index is 1.98. The van der Waals surface area contributed by atoms with Crippen LogP contribution in [0.1, 0.15) is 25.8 Å². The van der Waals surface area contributed by atoms with E-state index in [1.807, 2.05) is 31.2 Å². The van der Waals surface area contributed by atoms with Crippen LogP contribution in [0.15, 0.2) is 48.5 Å². The predicted octanol–water partition coefficient (Wildman–Crippen LogP) is 3.00. The zero-order valence-electron chi connectivity index (χ0n) is 17.9. The Hall–Kier alpha value is -2.74. The maximum atomic E-state index is 12.6. The van der Waals surface area contributed by atoms with Crippen molar-refractivity contribution >= 4 is 21.6 Å². The first kappa shape index (κ1) is 23.5. The van der Waals surface area contributed by atoms with E-state index in [0.717, 1.165) is 34.7 Å². The Morgan fingerprint density at radius 3 is 2.43 bits per heavy atom. The Kier molecular flexibility index (Phi) is 8.53. The van der Waals surface area contributed by atoms with Crippen LogP contribution in [0.5, 0.6) is 11.5 Å². The zero-order valence-corrected chi connectivity index (χ0v) is 18.7.